The van der Waals surface area contributed by atoms with E-state index < -0.39 is 0 Å². The number of oxazole rings is 1. The molecule has 4 heteroatoms. The van der Waals surface area contributed by atoms with Crippen LogP contribution >= 0.6 is 0 Å². The van der Waals surface area contributed by atoms with Gasteiger partial charge in [-0.15, -0.1) is 0 Å². The average Bonchev–Trinajstić information content (AvgIpc) is 2.79. The Hall–Kier alpha value is -2.20. The molecule has 19 heavy (non-hydrogen) atoms. The van der Waals surface area contributed by atoms with Crippen molar-refractivity contribution in [3.63, 3.8) is 0 Å². The highest BCUT2D eigenvalue weighted by molar-refractivity contribution is 5.76. The lowest BCUT2D eigenvalue weighted by atomic mass is 10.0. The van der Waals surface area contributed by atoms with Crippen molar-refractivity contribution in [1.82, 2.24) is 9.97 Å². The predicted molar refractivity (Wildman–Crippen MR) is 74.6 cm³/mol. The van der Waals surface area contributed by atoms with Gasteiger partial charge in [-0.05, 0) is 25.5 Å². The maximum atomic E-state index is 5.54. The molecule has 0 aliphatic heterocycles. The number of rotatable bonds is 2. The van der Waals surface area contributed by atoms with E-state index in [2.05, 4.69) is 42.0 Å². The highest BCUT2D eigenvalue weighted by Crippen LogP contribution is 2.25. The summed E-state index contributed by atoms with van der Waals surface area (Å²) in [5.74, 6) is 0.514. The van der Waals surface area contributed by atoms with Gasteiger partial charge in [0.15, 0.2) is 11.2 Å². The second kappa shape index (κ2) is 4.48. The molecule has 0 amide bonds. The Morgan fingerprint density at radius 1 is 1.05 bits per heavy atom. The van der Waals surface area contributed by atoms with E-state index in [1.807, 2.05) is 12.3 Å². The predicted octanol–water partition coefficient (Wildman–Crippen LogP) is 2.97. The summed E-state index contributed by atoms with van der Waals surface area (Å²) in [6.07, 6.45) is 1.82. The summed E-state index contributed by atoms with van der Waals surface area (Å²) in [7, 11) is 0. The number of benzene rings is 1. The molecule has 0 saturated heterocycles. The third-order valence-electron chi connectivity index (χ3n) is 3.02. The van der Waals surface area contributed by atoms with E-state index in [1.165, 1.54) is 11.1 Å². The van der Waals surface area contributed by atoms with Crippen molar-refractivity contribution in [2.75, 3.05) is 0 Å². The zero-order chi connectivity index (χ0) is 13.4. The van der Waals surface area contributed by atoms with Crippen LogP contribution in [0.5, 0.6) is 0 Å². The van der Waals surface area contributed by atoms with Crippen LogP contribution in [0, 0.1) is 13.8 Å². The van der Waals surface area contributed by atoms with E-state index in [9.17, 15) is 0 Å². The summed E-state index contributed by atoms with van der Waals surface area (Å²) in [5.41, 5.74) is 11.4. The fraction of sp³-hybridized carbons (Fsp3) is 0.200. The molecule has 2 N–H and O–H groups in total. The van der Waals surface area contributed by atoms with E-state index in [1.54, 1.807) is 0 Å². The Kier molecular flexibility index (Phi) is 2.80. The molecule has 0 bridgehead atoms. The molecule has 3 aromatic rings. The van der Waals surface area contributed by atoms with Gasteiger partial charge in [0.1, 0.15) is 0 Å². The van der Waals surface area contributed by atoms with Crippen LogP contribution in [0.3, 0.4) is 0 Å². The van der Waals surface area contributed by atoms with E-state index in [-0.39, 0.29) is 6.54 Å². The van der Waals surface area contributed by atoms with Crippen molar-refractivity contribution >= 4 is 11.2 Å². The maximum Gasteiger partial charge on any atom is 0.210 e. The molecule has 0 fully saturated rings. The Morgan fingerprint density at radius 2 is 1.79 bits per heavy atom. The molecule has 0 radical (unpaired) electrons. The molecule has 0 spiro atoms. The van der Waals surface area contributed by atoms with Gasteiger partial charge >= 0.3 is 0 Å². The summed E-state index contributed by atoms with van der Waals surface area (Å²) in [6, 6.07) is 8.38. The molecule has 0 unspecified atom stereocenters. The summed E-state index contributed by atoms with van der Waals surface area (Å²) in [5, 5.41) is 0. The lowest BCUT2D eigenvalue weighted by Gasteiger charge is -2.04. The molecule has 0 aliphatic rings. The second-order valence-electron chi connectivity index (χ2n) is 4.73. The summed E-state index contributed by atoms with van der Waals surface area (Å²) in [6.45, 7) is 4.46. The first kappa shape index (κ1) is 11.9. The standard InChI is InChI=1S/C15H15N3O/c1-9-3-10(2)5-11(4-9)12-6-13-15(17-8-12)18-14(7-16)19-13/h3-6,8H,7,16H2,1-2H3. The van der Waals surface area contributed by atoms with E-state index in [0.29, 0.717) is 17.1 Å². The monoisotopic (exact) mass is 253 g/mol. The SMILES string of the molecule is Cc1cc(C)cc(-c2cnc3nc(CN)oc3c2)c1. The number of fused-ring (bicyclic) bond motifs is 1. The smallest absolute Gasteiger partial charge is 0.210 e. The second-order valence-corrected chi connectivity index (χ2v) is 4.73. The summed E-state index contributed by atoms with van der Waals surface area (Å²) < 4.78 is 5.54. The van der Waals surface area contributed by atoms with E-state index in [0.717, 1.165) is 11.1 Å². The molecule has 0 atom stereocenters. The van der Waals surface area contributed by atoms with Crippen LogP contribution in [0.1, 0.15) is 17.0 Å². The van der Waals surface area contributed by atoms with Gasteiger partial charge in [-0.2, -0.15) is 4.98 Å². The molecule has 96 valence electrons. The lowest BCUT2D eigenvalue weighted by Crippen LogP contribution is -1.95. The van der Waals surface area contributed by atoms with Crippen molar-refractivity contribution in [3.05, 3.63) is 47.5 Å². The molecule has 3 rings (SSSR count). The van der Waals surface area contributed by atoms with Crippen LogP contribution in [0.2, 0.25) is 0 Å². The van der Waals surface area contributed by atoms with Gasteiger partial charge in [-0.1, -0.05) is 29.3 Å². The first-order valence-electron chi connectivity index (χ1n) is 6.20. The average molecular weight is 253 g/mol. The Labute approximate surface area is 111 Å². The van der Waals surface area contributed by atoms with Crippen molar-refractivity contribution < 1.29 is 4.42 Å². The Morgan fingerprint density at radius 3 is 2.47 bits per heavy atom. The molecule has 2 heterocycles. The number of nitrogens with zero attached hydrogens (tertiary/aromatic N) is 2. The minimum absolute atomic E-state index is 0.287. The van der Waals surface area contributed by atoms with Gasteiger partial charge in [0, 0.05) is 11.8 Å². The number of pyridine rings is 1. The quantitative estimate of drug-likeness (QED) is 0.762. The molecule has 1 aromatic carbocycles. The van der Waals surface area contributed by atoms with Crippen LogP contribution in [0.4, 0.5) is 0 Å². The first-order chi connectivity index (χ1) is 9.15. The highest BCUT2D eigenvalue weighted by Gasteiger charge is 2.08. The van der Waals surface area contributed by atoms with Crippen LogP contribution < -0.4 is 5.73 Å². The van der Waals surface area contributed by atoms with Crippen molar-refractivity contribution in [3.8, 4) is 11.1 Å². The van der Waals surface area contributed by atoms with Crippen LogP contribution in [-0.4, -0.2) is 9.97 Å². The van der Waals surface area contributed by atoms with Gasteiger partial charge in [0.25, 0.3) is 0 Å². The molecule has 0 saturated carbocycles. The number of hydrogen-bond acceptors (Lipinski definition) is 4. The summed E-state index contributed by atoms with van der Waals surface area (Å²) >= 11 is 0. The highest BCUT2D eigenvalue weighted by atomic mass is 16.3. The van der Waals surface area contributed by atoms with Gasteiger partial charge in [0.05, 0.1) is 6.54 Å². The molecule has 2 aromatic heterocycles. The number of nitrogens with two attached hydrogens (primary N) is 1. The van der Waals surface area contributed by atoms with Crippen LogP contribution in [0.25, 0.3) is 22.4 Å². The molecular weight excluding hydrogens is 238 g/mol. The molecule has 0 aliphatic carbocycles. The third-order valence-corrected chi connectivity index (χ3v) is 3.02. The normalized spacial score (nSPS) is 11.1. The van der Waals surface area contributed by atoms with Crippen molar-refractivity contribution in [2.45, 2.75) is 20.4 Å². The van der Waals surface area contributed by atoms with E-state index in [4.69, 9.17) is 10.2 Å². The van der Waals surface area contributed by atoms with Crippen molar-refractivity contribution in [2.24, 2.45) is 5.73 Å². The van der Waals surface area contributed by atoms with Crippen LogP contribution in [0.15, 0.2) is 34.9 Å². The zero-order valence-corrected chi connectivity index (χ0v) is 11.0. The van der Waals surface area contributed by atoms with Gasteiger partial charge in [-0.25, -0.2) is 4.98 Å². The minimum atomic E-state index is 0.287. The first-order valence-corrected chi connectivity index (χ1v) is 6.20. The van der Waals surface area contributed by atoms with Crippen molar-refractivity contribution in [1.29, 1.82) is 0 Å². The van der Waals surface area contributed by atoms with Gasteiger partial charge in [-0.3, -0.25) is 0 Å². The Balaban J connectivity index is 2.14. The lowest BCUT2D eigenvalue weighted by molar-refractivity contribution is 0.533. The van der Waals surface area contributed by atoms with Crippen LogP contribution in [-0.2, 0) is 6.54 Å². The fourth-order valence-corrected chi connectivity index (χ4v) is 2.25. The maximum absolute atomic E-state index is 5.54. The molecular formula is C15H15N3O. The zero-order valence-electron chi connectivity index (χ0n) is 11.0. The largest absolute Gasteiger partial charge is 0.438 e. The fourth-order valence-electron chi connectivity index (χ4n) is 2.25. The minimum Gasteiger partial charge on any atom is -0.438 e. The van der Waals surface area contributed by atoms with Gasteiger partial charge in [0.2, 0.25) is 5.89 Å². The summed E-state index contributed by atoms with van der Waals surface area (Å²) in [4.78, 5) is 8.52. The topological polar surface area (TPSA) is 64.9 Å². The number of hydrogen-bond donors (Lipinski definition) is 1. The third kappa shape index (κ3) is 2.22. The number of aryl methyl sites for hydroxylation is 2. The number of aromatic nitrogens is 2. The van der Waals surface area contributed by atoms with E-state index >= 15 is 0 Å². The Bertz CT molecular complexity index is 726. The van der Waals surface area contributed by atoms with Gasteiger partial charge < -0.3 is 10.2 Å². The molecule has 4 nitrogen and oxygen atoms in total.